The fourth-order valence-corrected chi connectivity index (χ4v) is 2.55. The van der Waals surface area contributed by atoms with Crippen LogP contribution in [0, 0.1) is 0 Å². The number of nitrogens with two attached hydrogens (primary N) is 1. The molecule has 1 aromatic carbocycles. The number of halogens is 1. The first-order valence-corrected chi connectivity index (χ1v) is 8.06. The molecule has 134 valence electrons. The van der Waals surface area contributed by atoms with Gasteiger partial charge in [0.15, 0.2) is 5.96 Å². The number of morpholine rings is 1. The maximum absolute atomic E-state index is 12.9. The molecule has 0 saturated carbocycles. The van der Waals surface area contributed by atoms with E-state index in [1.807, 2.05) is 49.1 Å². The highest BCUT2D eigenvalue weighted by Crippen LogP contribution is 2.20. The second-order valence-electron chi connectivity index (χ2n) is 5.93. The van der Waals surface area contributed by atoms with Crippen LogP contribution in [0.1, 0.15) is 25.3 Å². The molecule has 1 saturated heterocycles. The van der Waals surface area contributed by atoms with E-state index < -0.39 is 0 Å². The summed E-state index contributed by atoms with van der Waals surface area (Å²) in [5.41, 5.74) is 6.84. The van der Waals surface area contributed by atoms with Crippen LogP contribution in [0.15, 0.2) is 35.3 Å². The lowest BCUT2D eigenvalue weighted by molar-refractivity contribution is -0.136. The average molecular weight is 446 g/mol. The SMILES string of the molecule is CC(C)NC(N)=NCC(C(=O)N1CCOCC1)c1ccccc1.I. The van der Waals surface area contributed by atoms with Crippen LogP contribution in [0.3, 0.4) is 0 Å². The summed E-state index contributed by atoms with van der Waals surface area (Å²) in [6.07, 6.45) is 0. The first-order valence-electron chi connectivity index (χ1n) is 8.06. The van der Waals surface area contributed by atoms with Crippen molar-refractivity contribution in [3.05, 3.63) is 35.9 Å². The lowest BCUT2D eigenvalue weighted by atomic mass is 9.97. The molecular weight excluding hydrogens is 419 g/mol. The molecule has 1 fully saturated rings. The van der Waals surface area contributed by atoms with Crippen molar-refractivity contribution in [2.75, 3.05) is 32.8 Å². The van der Waals surface area contributed by atoms with Gasteiger partial charge < -0.3 is 20.7 Å². The molecule has 0 bridgehead atoms. The summed E-state index contributed by atoms with van der Waals surface area (Å²) in [5.74, 6) is 0.137. The Morgan fingerprint density at radius 1 is 1.29 bits per heavy atom. The zero-order chi connectivity index (χ0) is 16.7. The van der Waals surface area contributed by atoms with Crippen molar-refractivity contribution in [3.63, 3.8) is 0 Å². The monoisotopic (exact) mass is 446 g/mol. The molecule has 1 aliphatic heterocycles. The third-order valence-electron chi connectivity index (χ3n) is 3.70. The smallest absolute Gasteiger partial charge is 0.232 e. The summed E-state index contributed by atoms with van der Waals surface area (Å²) in [7, 11) is 0. The summed E-state index contributed by atoms with van der Waals surface area (Å²) >= 11 is 0. The fourth-order valence-electron chi connectivity index (χ4n) is 2.55. The van der Waals surface area contributed by atoms with Gasteiger partial charge in [0.25, 0.3) is 0 Å². The number of ether oxygens (including phenoxy) is 1. The predicted octanol–water partition coefficient (Wildman–Crippen LogP) is 1.56. The van der Waals surface area contributed by atoms with Crippen LogP contribution < -0.4 is 11.1 Å². The summed E-state index contributed by atoms with van der Waals surface area (Å²) in [6, 6.07) is 9.96. The Morgan fingerprint density at radius 3 is 2.50 bits per heavy atom. The number of nitrogens with one attached hydrogen (secondary N) is 1. The normalized spacial score (nSPS) is 16.5. The van der Waals surface area contributed by atoms with Crippen molar-refractivity contribution in [3.8, 4) is 0 Å². The quantitative estimate of drug-likeness (QED) is 0.409. The summed E-state index contributed by atoms with van der Waals surface area (Å²) in [5, 5.41) is 3.05. The molecule has 7 heteroatoms. The van der Waals surface area contributed by atoms with Crippen molar-refractivity contribution < 1.29 is 9.53 Å². The van der Waals surface area contributed by atoms with Crippen molar-refractivity contribution >= 4 is 35.8 Å². The highest BCUT2D eigenvalue weighted by atomic mass is 127. The average Bonchev–Trinajstić information content (AvgIpc) is 2.56. The third-order valence-corrected chi connectivity index (χ3v) is 3.70. The minimum Gasteiger partial charge on any atom is -0.378 e. The zero-order valence-electron chi connectivity index (χ0n) is 14.3. The lowest BCUT2D eigenvalue weighted by Gasteiger charge is -2.30. The van der Waals surface area contributed by atoms with Gasteiger partial charge in [-0.05, 0) is 19.4 Å². The van der Waals surface area contributed by atoms with Gasteiger partial charge in [-0.15, -0.1) is 24.0 Å². The van der Waals surface area contributed by atoms with Gasteiger partial charge >= 0.3 is 0 Å². The van der Waals surface area contributed by atoms with Gasteiger partial charge in [-0.3, -0.25) is 9.79 Å². The highest BCUT2D eigenvalue weighted by molar-refractivity contribution is 14.0. The summed E-state index contributed by atoms with van der Waals surface area (Å²) in [4.78, 5) is 19.1. The van der Waals surface area contributed by atoms with Crippen LogP contribution in [-0.2, 0) is 9.53 Å². The number of guanidine groups is 1. The van der Waals surface area contributed by atoms with E-state index in [0.29, 0.717) is 38.8 Å². The molecule has 0 aromatic heterocycles. The number of amides is 1. The third kappa shape index (κ3) is 6.27. The van der Waals surface area contributed by atoms with Crippen LogP contribution in [0.2, 0.25) is 0 Å². The highest BCUT2D eigenvalue weighted by Gasteiger charge is 2.27. The Morgan fingerprint density at radius 2 is 1.92 bits per heavy atom. The van der Waals surface area contributed by atoms with Crippen LogP contribution in [0.5, 0.6) is 0 Å². The molecule has 1 amide bonds. The second kappa shape index (κ2) is 10.5. The molecule has 1 aliphatic rings. The standard InChI is InChI=1S/C17H26N4O2.HI/c1-13(2)20-17(18)19-12-15(14-6-4-3-5-7-14)16(22)21-8-10-23-11-9-21;/h3-7,13,15H,8-12H2,1-2H3,(H3,18,19,20);1H. The van der Waals surface area contributed by atoms with E-state index in [1.165, 1.54) is 0 Å². The minimum absolute atomic E-state index is 0. The van der Waals surface area contributed by atoms with Gasteiger partial charge in [0.1, 0.15) is 0 Å². The Balaban J connectivity index is 0.00000288. The molecule has 3 N–H and O–H groups in total. The Bertz CT molecular complexity index is 531. The Labute approximate surface area is 160 Å². The molecule has 1 aromatic rings. The van der Waals surface area contributed by atoms with Gasteiger partial charge in [0.05, 0.1) is 25.7 Å². The second-order valence-corrected chi connectivity index (χ2v) is 5.93. The van der Waals surface area contributed by atoms with Crippen LogP contribution in [0.25, 0.3) is 0 Å². The van der Waals surface area contributed by atoms with Crippen molar-refractivity contribution in [2.45, 2.75) is 25.8 Å². The van der Waals surface area contributed by atoms with Crippen LogP contribution in [-0.4, -0.2) is 55.7 Å². The van der Waals surface area contributed by atoms with Gasteiger partial charge in [-0.2, -0.15) is 0 Å². The van der Waals surface area contributed by atoms with E-state index in [4.69, 9.17) is 10.5 Å². The summed E-state index contributed by atoms with van der Waals surface area (Å²) in [6.45, 7) is 6.77. The maximum atomic E-state index is 12.9. The lowest BCUT2D eigenvalue weighted by Crippen LogP contribution is -2.44. The number of carbonyl (C=O) groups is 1. The number of hydrogen-bond donors (Lipinski definition) is 2. The van der Waals surface area contributed by atoms with Crippen LogP contribution in [0.4, 0.5) is 0 Å². The Hall–Kier alpha value is -1.35. The van der Waals surface area contributed by atoms with E-state index in [1.54, 1.807) is 0 Å². The van der Waals surface area contributed by atoms with Crippen molar-refractivity contribution in [1.29, 1.82) is 0 Å². The van der Waals surface area contributed by atoms with Crippen molar-refractivity contribution in [1.82, 2.24) is 10.2 Å². The number of hydrogen-bond acceptors (Lipinski definition) is 3. The molecule has 1 unspecified atom stereocenters. The largest absolute Gasteiger partial charge is 0.378 e. The summed E-state index contributed by atoms with van der Waals surface area (Å²) < 4.78 is 5.33. The number of benzene rings is 1. The molecule has 0 spiro atoms. The molecule has 0 aliphatic carbocycles. The first kappa shape index (κ1) is 20.7. The van der Waals surface area contributed by atoms with E-state index >= 15 is 0 Å². The number of nitrogens with zero attached hydrogens (tertiary/aromatic N) is 2. The zero-order valence-corrected chi connectivity index (χ0v) is 16.6. The van der Waals surface area contributed by atoms with E-state index in [2.05, 4.69) is 10.3 Å². The molecule has 1 atom stereocenters. The minimum atomic E-state index is -0.318. The molecular formula is C17H27IN4O2. The fraction of sp³-hybridized carbons (Fsp3) is 0.529. The topological polar surface area (TPSA) is 79.9 Å². The van der Waals surface area contributed by atoms with Gasteiger partial charge in [0.2, 0.25) is 5.91 Å². The van der Waals surface area contributed by atoms with E-state index in [-0.39, 0.29) is 41.8 Å². The molecule has 1 heterocycles. The van der Waals surface area contributed by atoms with Gasteiger partial charge in [-0.25, -0.2) is 0 Å². The molecule has 0 radical (unpaired) electrons. The predicted molar refractivity (Wildman–Crippen MR) is 107 cm³/mol. The first-order chi connectivity index (χ1) is 11.1. The molecule has 6 nitrogen and oxygen atoms in total. The maximum Gasteiger partial charge on any atom is 0.232 e. The van der Waals surface area contributed by atoms with Crippen molar-refractivity contribution in [2.24, 2.45) is 10.7 Å². The van der Waals surface area contributed by atoms with Gasteiger partial charge in [-0.1, -0.05) is 30.3 Å². The number of aliphatic imine (C=N–C) groups is 1. The van der Waals surface area contributed by atoms with E-state index in [0.717, 1.165) is 5.56 Å². The van der Waals surface area contributed by atoms with E-state index in [9.17, 15) is 4.79 Å². The molecule has 24 heavy (non-hydrogen) atoms. The molecule has 2 rings (SSSR count). The van der Waals surface area contributed by atoms with Crippen LogP contribution >= 0.6 is 24.0 Å². The van der Waals surface area contributed by atoms with Gasteiger partial charge in [0, 0.05) is 19.1 Å². The number of rotatable bonds is 5. The number of carbonyl (C=O) groups excluding carboxylic acids is 1. The Kier molecular flexibility index (Phi) is 9.05.